The number of amides is 1. The molecular weight excluding hydrogens is 266 g/mol. The number of carbonyl (C=O) groups is 1. The number of hydrogen-bond acceptors (Lipinski definition) is 4. The van der Waals surface area contributed by atoms with Crippen LogP contribution >= 0.6 is 0 Å². The van der Waals surface area contributed by atoms with Gasteiger partial charge in [-0.1, -0.05) is 24.3 Å². The van der Waals surface area contributed by atoms with Crippen molar-refractivity contribution in [2.45, 2.75) is 18.9 Å². The van der Waals surface area contributed by atoms with Gasteiger partial charge in [-0.2, -0.15) is 0 Å². The van der Waals surface area contributed by atoms with Gasteiger partial charge in [0.15, 0.2) is 0 Å². The topological polar surface area (TPSA) is 77.2 Å². The first-order valence-electron chi connectivity index (χ1n) is 7.06. The van der Waals surface area contributed by atoms with Crippen LogP contribution < -0.4 is 11.1 Å². The number of methoxy groups -OCH3 is 1. The first-order valence-corrected chi connectivity index (χ1v) is 7.06. The number of fused-ring (bicyclic) bond motifs is 1. The normalized spacial score (nSPS) is 12.3. The lowest BCUT2D eigenvalue weighted by Gasteiger charge is -2.12. The van der Waals surface area contributed by atoms with E-state index in [1.807, 2.05) is 30.3 Å². The van der Waals surface area contributed by atoms with E-state index in [1.165, 1.54) is 0 Å². The van der Waals surface area contributed by atoms with Crippen LogP contribution in [0.2, 0.25) is 0 Å². The van der Waals surface area contributed by atoms with Gasteiger partial charge in [0.05, 0.1) is 18.0 Å². The third-order valence-corrected chi connectivity index (χ3v) is 3.44. The van der Waals surface area contributed by atoms with E-state index in [0.29, 0.717) is 19.5 Å². The Balaban J connectivity index is 1.89. The summed E-state index contributed by atoms with van der Waals surface area (Å²) >= 11 is 0. The molecule has 1 unspecified atom stereocenters. The second-order valence-electron chi connectivity index (χ2n) is 4.89. The number of nitrogens with zero attached hydrogens (tertiary/aromatic N) is 1. The van der Waals surface area contributed by atoms with Crippen molar-refractivity contribution in [3.05, 3.63) is 42.1 Å². The van der Waals surface area contributed by atoms with Crippen molar-refractivity contribution in [2.24, 2.45) is 5.73 Å². The van der Waals surface area contributed by atoms with Gasteiger partial charge < -0.3 is 15.8 Å². The molecule has 0 aliphatic rings. The lowest BCUT2D eigenvalue weighted by molar-refractivity contribution is -0.123. The zero-order valence-corrected chi connectivity index (χ0v) is 12.2. The number of hydrogen-bond donors (Lipinski definition) is 2. The monoisotopic (exact) mass is 287 g/mol. The molecule has 1 amide bonds. The van der Waals surface area contributed by atoms with Crippen LogP contribution in [0.15, 0.2) is 36.5 Å². The van der Waals surface area contributed by atoms with E-state index in [2.05, 4.69) is 10.3 Å². The molecule has 1 aromatic carbocycles. The molecule has 1 heterocycles. The summed E-state index contributed by atoms with van der Waals surface area (Å²) in [7, 11) is 1.56. The molecule has 1 atom stereocenters. The predicted octanol–water partition coefficient (Wildman–Crippen LogP) is 1.26. The van der Waals surface area contributed by atoms with Crippen molar-refractivity contribution in [3.63, 3.8) is 0 Å². The molecule has 0 bridgehead atoms. The maximum absolute atomic E-state index is 11.8. The highest BCUT2D eigenvalue weighted by Gasteiger charge is 2.11. The fourth-order valence-corrected chi connectivity index (χ4v) is 2.25. The standard InChI is InChI=1S/C16H21N3O2/c1-21-14(11-17)10-15(20)18-9-7-13-5-2-4-12-6-3-8-19-16(12)13/h2-6,8,14H,7,9-11,17H2,1H3,(H,18,20). The zero-order valence-electron chi connectivity index (χ0n) is 12.2. The zero-order chi connectivity index (χ0) is 15.1. The van der Waals surface area contributed by atoms with Crippen molar-refractivity contribution in [3.8, 4) is 0 Å². The van der Waals surface area contributed by atoms with Gasteiger partial charge in [0.2, 0.25) is 5.91 Å². The molecule has 0 radical (unpaired) electrons. The Morgan fingerprint density at radius 3 is 2.95 bits per heavy atom. The summed E-state index contributed by atoms with van der Waals surface area (Å²) in [4.78, 5) is 16.2. The summed E-state index contributed by atoms with van der Waals surface area (Å²) < 4.78 is 5.10. The van der Waals surface area contributed by atoms with Crippen molar-refractivity contribution >= 4 is 16.8 Å². The number of para-hydroxylation sites is 1. The number of aromatic nitrogens is 1. The largest absolute Gasteiger partial charge is 0.380 e. The molecule has 0 aliphatic heterocycles. The minimum atomic E-state index is -0.218. The van der Waals surface area contributed by atoms with Gasteiger partial charge in [0.1, 0.15) is 0 Å². The summed E-state index contributed by atoms with van der Waals surface area (Å²) in [5, 5.41) is 4.01. The lowest BCUT2D eigenvalue weighted by Crippen LogP contribution is -2.33. The summed E-state index contributed by atoms with van der Waals surface area (Å²) in [6.07, 6.45) is 2.61. The highest BCUT2D eigenvalue weighted by atomic mass is 16.5. The summed E-state index contributed by atoms with van der Waals surface area (Å²) in [6, 6.07) is 10.0. The van der Waals surface area contributed by atoms with Gasteiger partial charge in [0.25, 0.3) is 0 Å². The number of nitrogens with one attached hydrogen (secondary N) is 1. The Morgan fingerprint density at radius 1 is 1.38 bits per heavy atom. The molecule has 5 nitrogen and oxygen atoms in total. The van der Waals surface area contributed by atoms with Crippen LogP contribution in [0.3, 0.4) is 0 Å². The summed E-state index contributed by atoms with van der Waals surface area (Å²) in [5.74, 6) is -0.0412. The Morgan fingerprint density at radius 2 is 2.19 bits per heavy atom. The highest BCUT2D eigenvalue weighted by molar-refractivity contribution is 5.81. The molecule has 0 aliphatic carbocycles. The van der Waals surface area contributed by atoms with Crippen LogP contribution in [-0.4, -0.2) is 37.2 Å². The van der Waals surface area contributed by atoms with Crippen molar-refractivity contribution < 1.29 is 9.53 Å². The van der Waals surface area contributed by atoms with Crippen molar-refractivity contribution in [1.29, 1.82) is 0 Å². The summed E-state index contributed by atoms with van der Waals surface area (Å²) in [6.45, 7) is 0.923. The minimum Gasteiger partial charge on any atom is -0.380 e. The lowest BCUT2D eigenvalue weighted by atomic mass is 10.1. The summed E-state index contributed by atoms with van der Waals surface area (Å²) in [5.41, 5.74) is 7.63. The fraction of sp³-hybridized carbons (Fsp3) is 0.375. The van der Waals surface area contributed by atoms with Crippen LogP contribution in [0.1, 0.15) is 12.0 Å². The number of carbonyl (C=O) groups excluding carboxylic acids is 1. The quantitative estimate of drug-likeness (QED) is 0.803. The number of ether oxygens (including phenoxy) is 1. The van der Waals surface area contributed by atoms with E-state index in [-0.39, 0.29) is 12.0 Å². The molecule has 3 N–H and O–H groups in total. The van der Waals surface area contributed by atoms with Gasteiger partial charge >= 0.3 is 0 Å². The molecule has 1 aromatic heterocycles. The molecule has 2 rings (SSSR count). The number of rotatable bonds is 7. The number of pyridine rings is 1. The molecular formula is C16H21N3O2. The Kier molecular flexibility index (Phi) is 5.66. The Labute approximate surface area is 124 Å². The van der Waals surface area contributed by atoms with Crippen LogP contribution in [0, 0.1) is 0 Å². The minimum absolute atomic E-state index is 0.0412. The van der Waals surface area contributed by atoms with E-state index in [9.17, 15) is 4.79 Å². The van der Waals surface area contributed by atoms with E-state index < -0.39 is 0 Å². The smallest absolute Gasteiger partial charge is 0.222 e. The Hall–Kier alpha value is -1.98. The van der Waals surface area contributed by atoms with Crippen molar-refractivity contribution in [1.82, 2.24) is 10.3 Å². The van der Waals surface area contributed by atoms with Gasteiger partial charge in [-0.3, -0.25) is 9.78 Å². The SMILES string of the molecule is COC(CN)CC(=O)NCCc1cccc2cccnc12. The number of benzene rings is 1. The average Bonchev–Trinajstić information content (AvgIpc) is 2.53. The van der Waals surface area contributed by atoms with Gasteiger partial charge in [-0.15, -0.1) is 0 Å². The molecule has 0 spiro atoms. The van der Waals surface area contributed by atoms with E-state index in [4.69, 9.17) is 10.5 Å². The van der Waals surface area contributed by atoms with Gasteiger partial charge in [-0.25, -0.2) is 0 Å². The van der Waals surface area contributed by atoms with Crippen LogP contribution in [0.5, 0.6) is 0 Å². The molecule has 0 fully saturated rings. The second-order valence-corrected chi connectivity index (χ2v) is 4.89. The first-order chi connectivity index (χ1) is 10.2. The molecule has 0 saturated heterocycles. The molecule has 2 aromatic rings. The van der Waals surface area contributed by atoms with E-state index in [1.54, 1.807) is 13.3 Å². The van der Waals surface area contributed by atoms with E-state index in [0.717, 1.165) is 22.9 Å². The van der Waals surface area contributed by atoms with Crippen LogP contribution in [0.25, 0.3) is 10.9 Å². The van der Waals surface area contributed by atoms with Gasteiger partial charge in [-0.05, 0) is 18.1 Å². The molecule has 21 heavy (non-hydrogen) atoms. The first kappa shape index (κ1) is 15.4. The van der Waals surface area contributed by atoms with Crippen LogP contribution in [-0.2, 0) is 16.0 Å². The average molecular weight is 287 g/mol. The third-order valence-electron chi connectivity index (χ3n) is 3.44. The second kappa shape index (κ2) is 7.71. The van der Waals surface area contributed by atoms with Crippen LogP contribution in [0.4, 0.5) is 0 Å². The molecule has 112 valence electrons. The number of nitrogens with two attached hydrogens (primary N) is 1. The van der Waals surface area contributed by atoms with Crippen molar-refractivity contribution in [2.75, 3.05) is 20.2 Å². The van der Waals surface area contributed by atoms with E-state index >= 15 is 0 Å². The third kappa shape index (κ3) is 4.24. The maximum Gasteiger partial charge on any atom is 0.222 e. The Bertz CT molecular complexity index is 592. The fourth-order valence-electron chi connectivity index (χ4n) is 2.25. The highest BCUT2D eigenvalue weighted by Crippen LogP contribution is 2.15. The molecule has 5 heteroatoms. The molecule has 0 saturated carbocycles. The van der Waals surface area contributed by atoms with Gasteiger partial charge in [0, 0.05) is 31.8 Å². The maximum atomic E-state index is 11.8. The predicted molar refractivity (Wildman–Crippen MR) is 82.9 cm³/mol.